The van der Waals surface area contributed by atoms with E-state index in [-0.39, 0.29) is 50.7 Å². The smallest absolute Gasteiger partial charge is 0.312 e. The fourth-order valence-corrected chi connectivity index (χ4v) is 10.6. The number of hydrogen-bond donors (Lipinski definition) is 0. The van der Waals surface area contributed by atoms with Gasteiger partial charge in [-0.1, -0.05) is 59.2 Å². The highest BCUT2D eigenvalue weighted by Crippen LogP contribution is 2.76. The van der Waals surface area contributed by atoms with Gasteiger partial charge in [0, 0.05) is 17.9 Å². The summed E-state index contributed by atoms with van der Waals surface area (Å²) in [6.45, 7) is 16.7. The molecule has 8 atom stereocenters. The first-order valence-electron chi connectivity index (χ1n) is 14.4. The summed E-state index contributed by atoms with van der Waals surface area (Å²) in [5, 5.41) is 4.15. The minimum Gasteiger partial charge on any atom is -0.469 e. The van der Waals surface area contributed by atoms with E-state index in [4.69, 9.17) is 9.26 Å². The van der Waals surface area contributed by atoms with Crippen LogP contribution in [0.4, 0.5) is 0 Å². The van der Waals surface area contributed by atoms with Gasteiger partial charge in [0.15, 0.2) is 5.78 Å². The molecular weight excluding hydrogens is 462 g/mol. The Labute approximate surface area is 222 Å². The van der Waals surface area contributed by atoms with Gasteiger partial charge in [-0.05, 0) is 89.9 Å². The SMILES string of the molecule is COC(=O)[C@]12CCC(C)(C)CC1C1C(=O)C=C3[C@@]4(C)Cc5cnoc5C[C@@]4(C)[C@H](C)C[C@@]3(C)[C@]1(C)CC2. The molecule has 0 aromatic carbocycles. The van der Waals surface area contributed by atoms with Crippen molar-refractivity contribution in [1.82, 2.24) is 5.16 Å². The number of esters is 1. The Morgan fingerprint density at radius 2 is 1.68 bits per heavy atom. The van der Waals surface area contributed by atoms with Crippen LogP contribution < -0.4 is 0 Å². The number of nitrogens with zero attached hydrogens (tertiary/aromatic N) is 1. The van der Waals surface area contributed by atoms with Crippen molar-refractivity contribution in [2.75, 3.05) is 7.11 Å². The summed E-state index contributed by atoms with van der Waals surface area (Å²) in [5.41, 5.74) is 1.65. The Morgan fingerprint density at radius 3 is 2.38 bits per heavy atom. The molecule has 0 spiro atoms. The zero-order valence-electron chi connectivity index (χ0n) is 24.1. The van der Waals surface area contributed by atoms with Crippen molar-refractivity contribution < 1.29 is 18.8 Å². The number of aromatic nitrogens is 1. The van der Waals surface area contributed by atoms with E-state index in [1.54, 1.807) is 0 Å². The van der Waals surface area contributed by atoms with Gasteiger partial charge in [0.2, 0.25) is 0 Å². The molecule has 5 aliphatic carbocycles. The number of methoxy groups -OCH3 is 1. The second-order valence-electron chi connectivity index (χ2n) is 15.3. The quantitative estimate of drug-likeness (QED) is 0.394. The number of fused-ring (bicyclic) bond motifs is 8. The summed E-state index contributed by atoms with van der Waals surface area (Å²) in [5.74, 6) is 1.51. The van der Waals surface area contributed by atoms with Crippen LogP contribution in [0.15, 0.2) is 22.4 Å². The van der Waals surface area contributed by atoms with E-state index in [0.29, 0.717) is 5.92 Å². The normalized spacial score (nSPS) is 47.9. The highest BCUT2D eigenvalue weighted by Gasteiger charge is 2.72. The van der Waals surface area contributed by atoms with E-state index in [2.05, 4.69) is 59.7 Å². The van der Waals surface area contributed by atoms with Crippen molar-refractivity contribution in [3.8, 4) is 0 Å². The molecule has 0 N–H and O–H groups in total. The predicted octanol–water partition coefficient (Wildman–Crippen LogP) is 6.74. The van der Waals surface area contributed by atoms with Crippen LogP contribution in [0.25, 0.3) is 0 Å². The first kappa shape index (κ1) is 25.4. The molecule has 3 saturated carbocycles. The molecule has 2 unspecified atom stereocenters. The van der Waals surface area contributed by atoms with E-state index >= 15 is 0 Å². The molecule has 5 nitrogen and oxygen atoms in total. The van der Waals surface area contributed by atoms with Crippen LogP contribution >= 0.6 is 0 Å². The number of rotatable bonds is 1. The molecule has 0 aliphatic heterocycles. The van der Waals surface area contributed by atoms with Gasteiger partial charge in [0.05, 0.1) is 18.7 Å². The van der Waals surface area contributed by atoms with Gasteiger partial charge in [-0.15, -0.1) is 0 Å². The number of carbonyl (C=O) groups is 2. The third kappa shape index (κ3) is 2.90. The first-order chi connectivity index (χ1) is 17.2. The van der Waals surface area contributed by atoms with Crippen LogP contribution in [-0.2, 0) is 27.2 Å². The van der Waals surface area contributed by atoms with Crippen LogP contribution in [-0.4, -0.2) is 24.0 Å². The summed E-state index contributed by atoms with van der Waals surface area (Å²) in [7, 11) is 1.52. The lowest BCUT2D eigenvalue weighted by Gasteiger charge is -2.71. The van der Waals surface area contributed by atoms with Gasteiger partial charge in [-0.2, -0.15) is 0 Å². The summed E-state index contributed by atoms with van der Waals surface area (Å²) in [6.07, 6.45) is 11.2. The van der Waals surface area contributed by atoms with E-state index < -0.39 is 5.41 Å². The van der Waals surface area contributed by atoms with Crippen molar-refractivity contribution in [2.45, 2.75) is 99.8 Å². The van der Waals surface area contributed by atoms with Crippen LogP contribution in [0.5, 0.6) is 0 Å². The summed E-state index contributed by atoms with van der Waals surface area (Å²) in [4.78, 5) is 27.9. The number of allylic oxidation sites excluding steroid dienone is 2. The number of ketones is 1. The Balaban J connectivity index is 1.53. The average molecular weight is 508 g/mol. The highest BCUT2D eigenvalue weighted by molar-refractivity contribution is 5.96. The molecular formula is C32H45NO4. The minimum absolute atomic E-state index is 0.00831. The van der Waals surface area contributed by atoms with Crippen molar-refractivity contribution in [3.05, 3.63) is 29.2 Å². The Hall–Kier alpha value is -1.91. The standard InChI is InChI=1S/C32H45NO4/c1-19-14-30(6)24(31(7)15-20-18-33-37-23(20)17-29(19,31)5)13-22(34)25-21-16-27(2,3)9-11-32(21,26(35)36-8)12-10-28(25,30)4/h13,18-19,21,25H,9-12,14-17H2,1-8H3/t19-,21?,25?,28-,29+,30-,31-,32+/m1/s1. The van der Waals surface area contributed by atoms with Crippen LogP contribution in [0.2, 0.25) is 0 Å². The largest absolute Gasteiger partial charge is 0.469 e. The fraction of sp³-hybridized carbons (Fsp3) is 0.781. The molecule has 1 heterocycles. The average Bonchev–Trinajstić information content (AvgIpc) is 3.26. The van der Waals surface area contributed by atoms with E-state index in [0.717, 1.165) is 57.1 Å². The second-order valence-corrected chi connectivity index (χ2v) is 15.3. The summed E-state index contributed by atoms with van der Waals surface area (Å²) >= 11 is 0. The number of hydrogen-bond acceptors (Lipinski definition) is 5. The lowest BCUT2D eigenvalue weighted by Crippen LogP contribution is -2.67. The van der Waals surface area contributed by atoms with Gasteiger partial charge in [0.1, 0.15) is 5.76 Å². The van der Waals surface area contributed by atoms with E-state index in [9.17, 15) is 9.59 Å². The number of ether oxygens (including phenoxy) is 1. The first-order valence-corrected chi connectivity index (χ1v) is 14.4. The van der Waals surface area contributed by atoms with Crippen molar-refractivity contribution in [1.29, 1.82) is 0 Å². The maximum Gasteiger partial charge on any atom is 0.312 e. The molecule has 5 heteroatoms. The van der Waals surface area contributed by atoms with Crippen LogP contribution in [0.1, 0.15) is 98.3 Å². The molecule has 1 aromatic rings. The monoisotopic (exact) mass is 507 g/mol. The minimum atomic E-state index is -0.535. The highest BCUT2D eigenvalue weighted by atomic mass is 16.5. The van der Waals surface area contributed by atoms with Crippen molar-refractivity contribution in [3.63, 3.8) is 0 Å². The fourth-order valence-electron chi connectivity index (χ4n) is 10.6. The zero-order chi connectivity index (χ0) is 26.8. The molecule has 0 saturated heterocycles. The molecule has 1 aromatic heterocycles. The van der Waals surface area contributed by atoms with E-state index in [1.807, 2.05) is 6.20 Å². The second kappa shape index (κ2) is 7.39. The molecule has 202 valence electrons. The molecule has 0 radical (unpaired) electrons. The maximum atomic E-state index is 14.5. The van der Waals surface area contributed by atoms with Crippen LogP contribution in [0, 0.1) is 50.2 Å². The topological polar surface area (TPSA) is 69.4 Å². The lowest BCUT2D eigenvalue weighted by molar-refractivity contribution is -0.196. The Morgan fingerprint density at radius 1 is 0.973 bits per heavy atom. The molecule has 5 aliphatic rings. The Kier molecular flexibility index (Phi) is 5.06. The molecule has 0 bridgehead atoms. The molecule has 6 rings (SSSR count). The van der Waals surface area contributed by atoms with Gasteiger partial charge >= 0.3 is 5.97 Å². The van der Waals surface area contributed by atoms with E-state index in [1.165, 1.54) is 18.2 Å². The number of carbonyl (C=O) groups excluding carboxylic acids is 2. The summed E-state index contributed by atoms with van der Waals surface area (Å²) in [6, 6.07) is 0. The molecule has 37 heavy (non-hydrogen) atoms. The molecule has 3 fully saturated rings. The third-order valence-electron chi connectivity index (χ3n) is 13.4. The zero-order valence-corrected chi connectivity index (χ0v) is 24.1. The Bertz CT molecular complexity index is 1210. The van der Waals surface area contributed by atoms with Gasteiger partial charge in [-0.25, -0.2) is 0 Å². The predicted molar refractivity (Wildman–Crippen MR) is 142 cm³/mol. The van der Waals surface area contributed by atoms with Crippen molar-refractivity contribution >= 4 is 11.8 Å². The third-order valence-corrected chi connectivity index (χ3v) is 13.4. The van der Waals surface area contributed by atoms with Crippen LogP contribution in [0.3, 0.4) is 0 Å². The van der Waals surface area contributed by atoms with Gasteiger partial charge < -0.3 is 9.26 Å². The van der Waals surface area contributed by atoms with Crippen molar-refractivity contribution in [2.24, 2.45) is 50.2 Å². The molecule has 0 amide bonds. The van der Waals surface area contributed by atoms with Gasteiger partial charge in [0.25, 0.3) is 0 Å². The maximum absolute atomic E-state index is 14.5. The summed E-state index contributed by atoms with van der Waals surface area (Å²) < 4.78 is 11.2. The van der Waals surface area contributed by atoms with Gasteiger partial charge in [-0.3, -0.25) is 9.59 Å². The lowest BCUT2D eigenvalue weighted by atomic mass is 9.32.